The minimum Gasteiger partial charge on any atom is -0.396 e. The van der Waals surface area contributed by atoms with E-state index < -0.39 is 0 Å². The molecule has 0 aliphatic carbocycles. The van der Waals surface area contributed by atoms with Crippen molar-refractivity contribution >= 4 is 5.91 Å². The van der Waals surface area contributed by atoms with Gasteiger partial charge >= 0.3 is 0 Å². The molecule has 0 spiro atoms. The highest BCUT2D eigenvalue weighted by Crippen LogP contribution is 2.17. The predicted molar refractivity (Wildman–Crippen MR) is 62.7 cm³/mol. The van der Waals surface area contributed by atoms with Gasteiger partial charge in [0, 0.05) is 12.6 Å². The molecular weight excluding hydrogens is 204 g/mol. The molecule has 1 aromatic rings. The molecule has 0 saturated carbocycles. The fourth-order valence-electron chi connectivity index (χ4n) is 1.59. The van der Waals surface area contributed by atoms with E-state index >= 15 is 0 Å². The Balaban J connectivity index is 2.59. The molecule has 1 aromatic carbocycles. The number of nitrogens with one attached hydrogen (secondary N) is 1. The molecular formula is C12H18N2O2. The van der Waals surface area contributed by atoms with E-state index in [-0.39, 0.29) is 25.1 Å². The summed E-state index contributed by atoms with van der Waals surface area (Å²) in [5.41, 5.74) is 6.21. The number of primary amides is 1. The number of rotatable bonds is 7. The minimum atomic E-state index is -0.370. The number of hydrogen-bond donors (Lipinski definition) is 3. The molecule has 4 heteroatoms. The topological polar surface area (TPSA) is 75.4 Å². The molecule has 0 heterocycles. The van der Waals surface area contributed by atoms with Crippen LogP contribution in [-0.4, -0.2) is 24.2 Å². The maximum atomic E-state index is 10.7. The van der Waals surface area contributed by atoms with Gasteiger partial charge in [-0.2, -0.15) is 0 Å². The van der Waals surface area contributed by atoms with E-state index in [0.717, 1.165) is 12.0 Å². The average molecular weight is 222 g/mol. The van der Waals surface area contributed by atoms with Crippen molar-refractivity contribution in [2.45, 2.75) is 18.9 Å². The molecule has 0 aliphatic rings. The summed E-state index contributed by atoms with van der Waals surface area (Å²) < 4.78 is 0. The van der Waals surface area contributed by atoms with Crippen LogP contribution in [0.25, 0.3) is 0 Å². The second kappa shape index (κ2) is 6.98. The average Bonchev–Trinajstić information content (AvgIpc) is 2.30. The van der Waals surface area contributed by atoms with E-state index in [1.165, 1.54) is 0 Å². The maximum absolute atomic E-state index is 10.7. The van der Waals surface area contributed by atoms with Gasteiger partial charge in [0.2, 0.25) is 5.91 Å². The van der Waals surface area contributed by atoms with E-state index in [1.54, 1.807) is 0 Å². The summed E-state index contributed by atoms with van der Waals surface area (Å²) in [5, 5.41) is 11.9. The number of hydrogen-bond acceptors (Lipinski definition) is 3. The summed E-state index contributed by atoms with van der Waals surface area (Å²) >= 11 is 0. The molecule has 0 saturated heterocycles. The standard InChI is InChI=1S/C12H18N2O2/c13-12(16)9-14-11(7-4-8-15)10-5-2-1-3-6-10/h1-3,5-6,11,14-15H,4,7-9H2,(H2,13,16). The van der Waals surface area contributed by atoms with E-state index in [4.69, 9.17) is 10.8 Å². The van der Waals surface area contributed by atoms with Gasteiger partial charge in [0.05, 0.1) is 6.54 Å². The van der Waals surface area contributed by atoms with Gasteiger partial charge in [-0.05, 0) is 18.4 Å². The van der Waals surface area contributed by atoms with Gasteiger partial charge in [-0.25, -0.2) is 0 Å². The van der Waals surface area contributed by atoms with Crippen LogP contribution in [0, 0.1) is 0 Å². The zero-order valence-corrected chi connectivity index (χ0v) is 9.23. The summed E-state index contributed by atoms with van der Waals surface area (Å²) in [6.07, 6.45) is 1.49. The van der Waals surface area contributed by atoms with Crippen molar-refractivity contribution in [2.24, 2.45) is 5.73 Å². The highest BCUT2D eigenvalue weighted by atomic mass is 16.2. The quantitative estimate of drug-likeness (QED) is 0.631. The molecule has 1 amide bonds. The number of amides is 1. The molecule has 0 fully saturated rings. The Hall–Kier alpha value is -1.39. The lowest BCUT2D eigenvalue weighted by molar-refractivity contribution is -0.117. The zero-order valence-electron chi connectivity index (χ0n) is 9.23. The van der Waals surface area contributed by atoms with Crippen LogP contribution in [0.2, 0.25) is 0 Å². The third kappa shape index (κ3) is 4.42. The van der Waals surface area contributed by atoms with Crippen molar-refractivity contribution in [1.82, 2.24) is 5.32 Å². The van der Waals surface area contributed by atoms with Gasteiger partial charge in [0.1, 0.15) is 0 Å². The smallest absolute Gasteiger partial charge is 0.231 e. The lowest BCUT2D eigenvalue weighted by Gasteiger charge is -2.17. The third-order valence-corrected chi connectivity index (χ3v) is 2.38. The second-order valence-electron chi connectivity index (χ2n) is 3.68. The molecule has 1 unspecified atom stereocenters. The van der Waals surface area contributed by atoms with Crippen LogP contribution in [0.5, 0.6) is 0 Å². The molecule has 1 atom stereocenters. The Labute approximate surface area is 95.5 Å². The van der Waals surface area contributed by atoms with Crippen molar-refractivity contribution in [3.05, 3.63) is 35.9 Å². The van der Waals surface area contributed by atoms with Gasteiger partial charge in [-0.3, -0.25) is 4.79 Å². The van der Waals surface area contributed by atoms with Gasteiger partial charge in [-0.15, -0.1) is 0 Å². The van der Waals surface area contributed by atoms with Crippen LogP contribution < -0.4 is 11.1 Å². The van der Waals surface area contributed by atoms with Crippen molar-refractivity contribution in [1.29, 1.82) is 0 Å². The largest absolute Gasteiger partial charge is 0.396 e. The van der Waals surface area contributed by atoms with E-state index in [9.17, 15) is 4.79 Å². The summed E-state index contributed by atoms with van der Waals surface area (Å²) in [4.78, 5) is 10.7. The van der Waals surface area contributed by atoms with Crippen molar-refractivity contribution in [2.75, 3.05) is 13.2 Å². The highest BCUT2D eigenvalue weighted by molar-refractivity contribution is 5.75. The Kier molecular flexibility index (Phi) is 5.53. The maximum Gasteiger partial charge on any atom is 0.231 e. The SMILES string of the molecule is NC(=O)CNC(CCCO)c1ccccc1. The summed E-state index contributed by atoms with van der Waals surface area (Å²) in [6.45, 7) is 0.312. The van der Waals surface area contributed by atoms with Crippen LogP contribution in [0.4, 0.5) is 0 Å². The van der Waals surface area contributed by atoms with Gasteiger partial charge < -0.3 is 16.2 Å². The first-order chi connectivity index (χ1) is 7.74. The van der Waals surface area contributed by atoms with Crippen molar-refractivity contribution in [3.8, 4) is 0 Å². The zero-order chi connectivity index (χ0) is 11.8. The van der Waals surface area contributed by atoms with Gasteiger partial charge in [0.25, 0.3) is 0 Å². The van der Waals surface area contributed by atoms with Crippen LogP contribution >= 0.6 is 0 Å². The molecule has 4 nitrogen and oxygen atoms in total. The Bertz CT molecular complexity index is 314. The first-order valence-corrected chi connectivity index (χ1v) is 5.41. The molecule has 0 bridgehead atoms. The summed E-state index contributed by atoms with van der Waals surface area (Å²) in [7, 11) is 0. The van der Waals surface area contributed by atoms with Crippen molar-refractivity contribution in [3.63, 3.8) is 0 Å². The second-order valence-corrected chi connectivity index (χ2v) is 3.68. The fourth-order valence-corrected chi connectivity index (χ4v) is 1.59. The van der Waals surface area contributed by atoms with Gasteiger partial charge in [-0.1, -0.05) is 30.3 Å². The molecule has 4 N–H and O–H groups in total. The number of nitrogens with two attached hydrogens (primary N) is 1. The number of aliphatic hydroxyl groups is 1. The molecule has 1 rings (SSSR count). The van der Waals surface area contributed by atoms with Crippen LogP contribution in [0.3, 0.4) is 0 Å². The molecule has 16 heavy (non-hydrogen) atoms. The third-order valence-electron chi connectivity index (χ3n) is 2.38. The van der Waals surface area contributed by atoms with E-state index in [1.807, 2.05) is 30.3 Å². The van der Waals surface area contributed by atoms with Crippen LogP contribution in [0.15, 0.2) is 30.3 Å². The van der Waals surface area contributed by atoms with E-state index in [0.29, 0.717) is 6.42 Å². The van der Waals surface area contributed by atoms with Crippen LogP contribution in [0.1, 0.15) is 24.4 Å². The monoisotopic (exact) mass is 222 g/mol. The Morgan fingerprint density at radius 2 is 2.06 bits per heavy atom. The minimum absolute atomic E-state index is 0.0702. The molecule has 0 aliphatic heterocycles. The molecule has 0 radical (unpaired) electrons. The van der Waals surface area contributed by atoms with E-state index in [2.05, 4.69) is 5.32 Å². The number of benzene rings is 1. The molecule has 0 aromatic heterocycles. The normalized spacial score (nSPS) is 12.3. The lowest BCUT2D eigenvalue weighted by Crippen LogP contribution is -2.31. The summed E-state index contributed by atoms with van der Waals surface area (Å²) in [6, 6.07) is 9.91. The highest BCUT2D eigenvalue weighted by Gasteiger charge is 2.10. The number of carbonyl (C=O) groups is 1. The first kappa shape index (κ1) is 12.7. The first-order valence-electron chi connectivity index (χ1n) is 5.41. The predicted octanol–water partition coefficient (Wildman–Crippen LogP) is 0.575. The number of carbonyl (C=O) groups excluding carboxylic acids is 1. The lowest BCUT2D eigenvalue weighted by atomic mass is 10.0. The number of aliphatic hydroxyl groups excluding tert-OH is 1. The summed E-state index contributed by atoms with van der Waals surface area (Å²) in [5.74, 6) is -0.370. The Morgan fingerprint density at radius 3 is 2.62 bits per heavy atom. The van der Waals surface area contributed by atoms with Crippen molar-refractivity contribution < 1.29 is 9.90 Å². The van der Waals surface area contributed by atoms with Gasteiger partial charge in [0.15, 0.2) is 0 Å². The van der Waals surface area contributed by atoms with Crippen LogP contribution in [-0.2, 0) is 4.79 Å². The Morgan fingerprint density at radius 1 is 1.38 bits per heavy atom. The fraction of sp³-hybridized carbons (Fsp3) is 0.417. The molecule has 88 valence electrons.